The fraction of sp³-hybridized carbons (Fsp3) is 0.412. The van der Waals surface area contributed by atoms with E-state index in [2.05, 4.69) is 29.4 Å². The number of fused-ring (bicyclic) bond motifs is 1. The number of carbonyl (C=O) groups is 1. The maximum atomic E-state index is 12.8. The SMILES string of the molecule is C#CC1CC[C@@H](C#N)N1C(=O)[C@@H]1Cc2ccccc2CN1.Cl. The predicted octanol–water partition coefficient (Wildman–Crippen LogP) is 1.64. The third-order valence-corrected chi connectivity index (χ3v) is 4.36. The minimum absolute atomic E-state index is 0. The predicted molar refractivity (Wildman–Crippen MR) is 86.1 cm³/mol. The molecular formula is C17H18ClN3O. The first-order valence-electron chi connectivity index (χ1n) is 7.22. The van der Waals surface area contributed by atoms with Gasteiger partial charge in [0.25, 0.3) is 0 Å². The molecule has 1 amide bonds. The number of nitriles is 1. The van der Waals surface area contributed by atoms with Crippen molar-refractivity contribution in [1.29, 1.82) is 5.26 Å². The molecule has 114 valence electrons. The molecular weight excluding hydrogens is 298 g/mol. The lowest BCUT2D eigenvalue weighted by atomic mass is 9.95. The van der Waals surface area contributed by atoms with Crippen LogP contribution in [0, 0.1) is 23.7 Å². The van der Waals surface area contributed by atoms with E-state index in [0.717, 1.165) is 0 Å². The Balaban J connectivity index is 0.00000176. The number of nitrogens with one attached hydrogen (secondary N) is 1. The molecule has 1 unspecified atom stereocenters. The van der Waals surface area contributed by atoms with Crippen LogP contribution in [-0.2, 0) is 17.8 Å². The van der Waals surface area contributed by atoms with Gasteiger partial charge in [-0.3, -0.25) is 4.79 Å². The molecule has 0 radical (unpaired) electrons. The second kappa shape index (κ2) is 6.83. The molecule has 22 heavy (non-hydrogen) atoms. The van der Waals surface area contributed by atoms with Crippen LogP contribution in [0.3, 0.4) is 0 Å². The third kappa shape index (κ3) is 2.81. The average molecular weight is 316 g/mol. The summed E-state index contributed by atoms with van der Waals surface area (Å²) in [6.07, 6.45) is 7.54. The van der Waals surface area contributed by atoms with Crippen molar-refractivity contribution in [2.24, 2.45) is 0 Å². The van der Waals surface area contributed by atoms with Gasteiger partial charge in [-0.15, -0.1) is 18.8 Å². The number of amides is 1. The summed E-state index contributed by atoms with van der Waals surface area (Å²) < 4.78 is 0. The number of terminal acetylenes is 1. The van der Waals surface area contributed by atoms with Gasteiger partial charge in [-0.1, -0.05) is 30.2 Å². The Hall–Kier alpha value is -2.01. The summed E-state index contributed by atoms with van der Waals surface area (Å²) >= 11 is 0. The first kappa shape index (κ1) is 16.4. The van der Waals surface area contributed by atoms with E-state index in [1.54, 1.807) is 4.90 Å². The van der Waals surface area contributed by atoms with E-state index >= 15 is 0 Å². The summed E-state index contributed by atoms with van der Waals surface area (Å²) in [5, 5.41) is 12.5. The van der Waals surface area contributed by atoms with Crippen molar-refractivity contribution in [3.8, 4) is 18.4 Å². The highest BCUT2D eigenvalue weighted by Gasteiger charge is 2.39. The summed E-state index contributed by atoms with van der Waals surface area (Å²) in [5.41, 5.74) is 2.42. The Morgan fingerprint density at radius 3 is 2.64 bits per heavy atom. The Bertz CT molecular complexity index is 624. The minimum atomic E-state index is -0.391. The zero-order valence-electron chi connectivity index (χ0n) is 12.2. The molecule has 4 nitrogen and oxygen atoms in total. The molecule has 5 heteroatoms. The Kier molecular flexibility index (Phi) is 5.08. The highest BCUT2D eigenvalue weighted by molar-refractivity contribution is 5.85. The molecule has 1 saturated heterocycles. The van der Waals surface area contributed by atoms with Crippen molar-refractivity contribution < 1.29 is 4.79 Å². The van der Waals surface area contributed by atoms with E-state index in [4.69, 9.17) is 6.42 Å². The number of nitrogens with zero attached hydrogens (tertiary/aromatic N) is 2. The zero-order chi connectivity index (χ0) is 14.8. The van der Waals surface area contributed by atoms with Gasteiger partial charge in [0.1, 0.15) is 6.04 Å². The monoisotopic (exact) mass is 315 g/mol. The van der Waals surface area contributed by atoms with Gasteiger partial charge in [-0.2, -0.15) is 5.26 Å². The number of rotatable bonds is 1. The molecule has 1 N–H and O–H groups in total. The number of hydrogen-bond acceptors (Lipinski definition) is 3. The van der Waals surface area contributed by atoms with Crippen molar-refractivity contribution in [3.05, 3.63) is 35.4 Å². The van der Waals surface area contributed by atoms with E-state index in [1.165, 1.54) is 11.1 Å². The molecule has 1 fully saturated rings. The summed E-state index contributed by atoms with van der Waals surface area (Å²) in [4.78, 5) is 14.4. The van der Waals surface area contributed by atoms with Gasteiger partial charge in [-0.25, -0.2) is 0 Å². The maximum absolute atomic E-state index is 12.8. The Morgan fingerprint density at radius 1 is 1.27 bits per heavy atom. The Morgan fingerprint density at radius 2 is 1.95 bits per heavy atom. The number of halogens is 1. The van der Waals surface area contributed by atoms with E-state index in [1.807, 2.05) is 12.1 Å². The summed E-state index contributed by atoms with van der Waals surface area (Å²) in [6, 6.07) is 9.39. The first-order valence-corrected chi connectivity index (χ1v) is 7.22. The summed E-state index contributed by atoms with van der Waals surface area (Å²) in [7, 11) is 0. The van der Waals surface area contributed by atoms with Crippen molar-refractivity contribution >= 4 is 18.3 Å². The molecule has 1 aromatic carbocycles. The topological polar surface area (TPSA) is 56.1 Å². The molecule has 1 aromatic rings. The van der Waals surface area contributed by atoms with Crippen molar-refractivity contribution in [2.45, 2.75) is 43.9 Å². The highest BCUT2D eigenvalue weighted by atomic mass is 35.5. The van der Waals surface area contributed by atoms with Crippen molar-refractivity contribution in [1.82, 2.24) is 10.2 Å². The van der Waals surface area contributed by atoms with Crippen LogP contribution >= 0.6 is 12.4 Å². The first-order chi connectivity index (χ1) is 10.2. The summed E-state index contributed by atoms with van der Waals surface area (Å²) in [6.45, 7) is 0.679. The Labute approximate surface area is 136 Å². The molecule has 2 aliphatic rings. The van der Waals surface area contributed by atoms with E-state index in [0.29, 0.717) is 25.8 Å². The second-order valence-corrected chi connectivity index (χ2v) is 5.56. The molecule has 0 aromatic heterocycles. The van der Waals surface area contributed by atoms with E-state index in [9.17, 15) is 10.1 Å². The standard InChI is InChI=1S/C17H17N3O.ClH/c1-2-14-7-8-15(10-18)20(14)17(21)16-9-12-5-3-4-6-13(12)11-19-16;/h1,3-6,14-16,19H,7-9,11H2;1H/t14?,15-,16-;/m0./s1. The van der Waals surface area contributed by atoms with Crippen LogP contribution < -0.4 is 5.32 Å². The molecule has 3 atom stereocenters. The normalized spacial score (nSPS) is 26.3. The number of carbonyl (C=O) groups excluding carboxylic acids is 1. The quantitative estimate of drug-likeness (QED) is 0.802. The summed E-state index contributed by atoms with van der Waals surface area (Å²) in [5.74, 6) is 2.60. The van der Waals surface area contributed by atoms with Crippen LogP contribution in [-0.4, -0.2) is 28.9 Å². The second-order valence-electron chi connectivity index (χ2n) is 5.56. The van der Waals surface area contributed by atoms with E-state index < -0.39 is 6.04 Å². The van der Waals surface area contributed by atoms with Crippen LogP contribution in [0.25, 0.3) is 0 Å². The van der Waals surface area contributed by atoms with Crippen molar-refractivity contribution in [3.63, 3.8) is 0 Å². The van der Waals surface area contributed by atoms with Crippen LogP contribution in [0.4, 0.5) is 0 Å². The van der Waals surface area contributed by atoms with Crippen LogP contribution in [0.2, 0.25) is 0 Å². The van der Waals surface area contributed by atoms with Crippen LogP contribution in [0.15, 0.2) is 24.3 Å². The molecule has 2 heterocycles. The highest BCUT2D eigenvalue weighted by Crippen LogP contribution is 2.26. The lowest BCUT2D eigenvalue weighted by molar-refractivity contribution is -0.134. The van der Waals surface area contributed by atoms with Gasteiger partial charge >= 0.3 is 0 Å². The maximum Gasteiger partial charge on any atom is 0.242 e. The van der Waals surface area contributed by atoms with Gasteiger partial charge < -0.3 is 10.2 Å². The number of likely N-dealkylation sites (tertiary alicyclic amines) is 1. The fourth-order valence-corrected chi connectivity index (χ4v) is 3.22. The molecule has 0 saturated carbocycles. The molecule has 3 rings (SSSR count). The number of benzene rings is 1. The molecule has 0 spiro atoms. The fourth-order valence-electron chi connectivity index (χ4n) is 3.22. The lowest BCUT2D eigenvalue weighted by Gasteiger charge is -2.32. The van der Waals surface area contributed by atoms with Gasteiger partial charge in [0, 0.05) is 6.54 Å². The zero-order valence-corrected chi connectivity index (χ0v) is 13.0. The smallest absolute Gasteiger partial charge is 0.242 e. The molecule has 0 bridgehead atoms. The largest absolute Gasteiger partial charge is 0.311 e. The molecule has 0 aliphatic carbocycles. The number of hydrogen-bond donors (Lipinski definition) is 1. The average Bonchev–Trinajstić information content (AvgIpc) is 2.96. The van der Waals surface area contributed by atoms with Crippen molar-refractivity contribution in [2.75, 3.05) is 0 Å². The van der Waals surface area contributed by atoms with E-state index in [-0.39, 0.29) is 30.4 Å². The van der Waals surface area contributed by atoms with Crippen LogP contribution in [0.5, 0.6) is 0 Å². The van der Waals surface area contributed by atoms with Crippen LogP contribution in [0.1, 0.15) is 24.0 Å². The lowest BCUT2D eigenvalue weighted by Crippen LogP contribution is -2.52. The minimum Gasteiger partial charge on any atom is -0.311 e. The van der Waals surface area contributed by atoms with Gasteiger partial charge in [0.15, 0.2) is 0 Å². The van der Waals surface area contributed by atoms with Gasteiger partial charge in [-0.05, 0) is 30.4 Å². The van der Waals surface area contributed by atoms with Gasteiger partial charge in [0.2, 0.25) is 5.91 Å². The molecule has 2 aliphatic heterocycles. The third-order valence-electron chi connectivity index (χ3n) is 4.36. The van der Waals surface area contributed by atoms with Gasteiger partial charge in [0.05, 0.1) is 18.2 Å².